The molecule has 3 rings (SSSR count). The number of nitrogens with two attached hydrogens (primary N) is 1. The first kappa shape index (κ1) is 19.8. The molecule has 0 aliphatic heterocycles. The summed E-state index contributed by atoms with van der Waals surface area (Å²) in [5.74, 6) is 0.791. The van der Waals surface area contributed by atoms with Crippen LogP contribution < -0.4 is 21.1 Å². The van der Waals surface area contributed by atoms with E-state index in [0.717, 1.165) is 0 Å². The SMILES string of the molecule is N#C/C(=C/Nc1ccc(N)cc1Cl)C(=O)Nc1ccc(Oc2ccccc2)cc1. The number of hydrogen-bond acceptors (Lipinski definition) is 5. The maximum atomic E-state index is 12.4. The van der Waals surface area contributed by atoms with Gasteiger partial charge in [0.05, 0.1) is 10.7 Å². The number of halogens is 1. The summed E-state index contributed by atoms with van der Waals surface area (Å²) in [6.45, 7) is 0. The first-order valence-electron chi connectivity index (χ1n) is 8.61. The van der Waals surface area contributed by atoms with E-state index in [-0.39, 0.29) is 5.57 Å². The van der Waals surface area contributed by atoms with Gasteiger partial charge in [-0.2, -0.15) is 5.26 Å². The molecule has 0 aliphatic rings. The molecule has 0 spiro atoms. The van der Waals surface area contributed by atoms with Crippen molar-refractivity contribution in [2.75, 3.05) is 16.4 Å². The lowest BCUT2D eigenvalue weighted by molar-refractivity contribution is -0.112. The van der Waals surface area contributed by atoms with E-state index < -0.39 is 5.91 Å². The van der Waals surface area contributed by atoms with Gasteiger partial charge in [-0.3, -0.25) is 4.79 Å². The van der Waals surface area contributed by atoms with Crippen LogP contribution in [0.2, 0.25) is 5.02 Å². The van der Waals surface area contributed by atoms with E-state index in [2.05, 4.69) is 10.6 Å². The van der Waals surface area contributed by atoms with E-state index in [1.54, 1.807) is 42.5 Å². The molecule has 0 aromatic heterocycles. The van der Waals surface area contributed by atoms with Gasteiger partial charge in [0.15, 0.2) is 0 Å². The second-order valence-corrected chi connectivity index (χ2v) is 6.35. The number of nitrogens with one attached hydrogen (secondary N) is 2. The van der Waals surface area contributed by atoms with Crippen LogP contribution in [0.3, 0.4) is 0 Å². The molecule has 6 nitrogen and oxygen atoms in total. The molecule has 0 bridgehead atoms. The predicted molar refractivity (Wildman–Crippen MR) is 115 cm³/mol. The third-order valence-corrected chi connectivity index (χ3v) is 4.13. The summed E-state index contributed by atoms with van der Waals surface area (Å²) in [7, 11) is 0. The average molecular weight is 405 g/mol. The summed E-state index contributed by atoms with van der Waals surface area (Å²) in [6.07, 6.45) is 1.29. The van der Waals surface area contributed by atoms with Gasteiger partial charge in [-0.25, -0.2) is 0 Å². The highest BCUT2D eigenvalue weighted by atomic mass is 35.5. The number of hydrogen-bond donors (Lipinski definition) is 3. The number of para-hydroxylation sites is 1. The van der Waals surface area contributed by atoms with Crippen LogP contribution in [-0.4, -0.2) is 5.91 Å². The van der Waals surface area contributed by atoms with E-state index >= 15 is 0 Å². The number of carbonyl (C=O) groups is 1. The fourth-order valence-corrected chi connectivity index (χ4v) is 2.62. The van der Waals surface area contributed by atoms with E-state index in [4.69, 9.17) is 22.1 Å². The van der Waals surface area contributed by atoms with Crippen LogP contribution in [0.1, 0.15) is 0 Å². The van der Waals surface area contributed by atoms with Gasteiger partial charge in [0, 0.05) is 17.6 Å². The molecule has 0 unspecified atom stereocenters. The van der Waals surface area contributed by atoms with Crippen molar-refractivity contribution in [3.05, 3.63) is 89.6 Å². The zero-order valence-electron chi connectivity index (χ0n) is 15.2. The van der Waals surface area contributed by atoms with Crippen molar-refractivity contribution in [3.8, 4) is 17.6 Å². The Bertz CT molecular complexity index is 1070. The molecule has 7 heteroatoms. The summed E-state index contributed by atoms with van der Waals surface area (Å²) in [4.78, 5) is 12.4. The zero-order valence-corrected chi connectivity index (χ0v) is 16.0. The molecule has 3 aromatic rings. The summed E-state index contributed by atoms with van der Waals surface area (Å²) in [5.41, 5.74) is 7.11. The van der Waals surface area contributed by atoms with Gasteiger partial charge in [-0.15, -0.1) is 0 Å². The van der Waals surface area contributed by atoms with Crippen molar-refractivity contribution in [1.82, 2.24) is 0 Å². The van der Waals surface area contributed by atoms with Gasteiger partial charge in [0.1, 0.15) is 23.1 Å². The normalized spacial score (nSPS) is 10.7. The standard InChI is InChI=1S/C22H17ClN4O2/c23-20-12-16(25)6-11-21(20)26-14-15(13-24)22(28)27-17-7-9-19(10-8-17)29-18-4-2-1-3-5-18/h1-12,14,26H,25H2,(H,27,28)/b15-14-. The second-order valence-electron chi connectivity index (χ2n) is 5.95. The number of nitriles is 1. The van der Waals surface area contributed by atoms with E-state index in [9.17, 15) is 10.1 Å². The highest BCUT2D eigenvalue weighted by molar-refractivity contribution is 6.33. The third-order valence-electron chi connectivity index (χ3n) is 3.82. The minimum Gasteiger partial charge on any atom is -0.457 e. The summed E-state index contributed by atoms with van der Waals surface area (Å²) < 4.78 is 5.71. The molecule has 0 aliphatic carbocycles. The number of amides is 1. The molecule has 0 saturated carbocycles. The van der Waals surface area contributed by atoms with Crippen molar-refractivity contribution in [2.24, 2.45) is 0 Å². The summed E-state index contributed by atoms with van der Waals surface area (Å²) in [5, 5.41) is 15.2. The van der Waals surface area contributed by atoms with Gasteiger partial charge >= 0.3 is 0 Å². The van der Waals surface area contributed by atoms with Gasteiger partial charge in [-0.1, -0.05) is 29.8 Å². The Morgan fingerprint density at radius 2 is 1.72 bits per heavy atom. The zero-order chi connectivity index (χ0) is 20.6. The fourth-order valence-electron chi connectivity index (χ4n) is 2.38. The first-order valence-corrected chi connectivity index (χ1v) is 8.99. The molecule has 0 radical (unpaired) electrons. The number of carbonyl (C=O) groups excluding carboxylic acids is 1. The van der Waals surface area contributed by atoms with Crippen molar-refractivity contribution < 1.29 is 9.53 Å². The topological polar surface area (TPSA) is 100 Å². The number of benzene rings is 3. The highest BCUT2D eigenvalue weighted by Gasteiger charge is 2.10. The Morgan fingerprint density at radius 1 is 1.03 bits per heavy atom. The minimum atomic E-state index is -0.553. The smallest absolute Gasteiger partial charge is 0.267 e. The van der Waals surface area contributed by atoms with Crippen molar-refractivity contribution >= 4 is 34.6 Å². The lowest BCUT2D eigenvalue weighted by Crippen LogP contribution is -2.14. The van der Waals surface area contributed by atoms with Crippen LogP contribution in [0.5, 0.6) is 11.5 Å². The monoisotopic (exact) mass is 404 g/mol. The molecular formula is C22H17ClN4O2. The van der Waals surface area contributed by atoms with Crippen LogP contribution in [0.15, 0.2) is 84.6 Å². The highest BCUT2D eigenvalue weighted by Crippen LogP contribution is 2.25. The molecule has 3 aromatic carbocycles. The van der Waals surface area contributed by atoms with Crippen LogP contribution in [0, 0.1) is 11.3 Å². The second kappa shape index (κ2) is 9.31. The van der Waals surface area contributed by atoms with Crippen LogP contribution >= 0.6 is 11.6 Å². The minimum absolute atomic E-state index is 0.109. The number of nitrogen functional groups attached to an aromatic ring is 1. The van der Waals surface area contributed by atoms with Crippen molar-refractivity contribution in [2.45, 2.75) is 0 Å². The van der Waals surface area contributed by atoms with Crippen LogP contribution in [0.25, 0.3) is 0 Å². The molecule has 144 valence electrons. The van der Waals surface area contributed by atoms with E-state index in [1.165, 1.54) is 6.20 Å². The summed E-state index contributed by atoms with van der Waals surface area (Å²) >= 11 is 6.07. The number of ether oxygens (including phenoxy) is 1. The van der Waals surface area contributed by atoms with Gasteiger partial charge < -0.3 is 21.1 Å². The number of rotatable bonds is 6. The lowest BCUT2D eigenvalue weighted by Gasteiger charge is -2.08. The van der Waals surface area contributed by atoms with Crippen LogP contribution in [-0.2, 0) is 4.79 Å². The molecule has 1 amide bonds. The summed E-state index contributed by atoms with van der Waals surface area (Å²) in [6, 6.07) is 22.9. The van der Waals surface area contributed by atoms with Crippen molar-refractivity contribution in [3.63, 3.8) is 0 Å². The molecule has 0 saturated heterocycles. The number of nitrogens with zero attached hydrogens (tertiary/aromatic N) is 1. The lowest BCUT2D eigenvalue weighted by atomic mass is 10.2. The Kier molecular flexibility index (Phi) is 6.36. The molecule has 0 fully saturated rings. The molecular weight excluding hydrogens is 388 g/mol. The largest absolute Gasteiger partial charge is 0.457 e. The molecule has 0 atom stereocenters. The Labute approximate surface area is 173 Å². The third kappa shape index (κ3) is 5.51. The van der Waals surface area contributed by atoms with Crippen LogP contribution in [0.4, 0.5) is 17.1 Å². The van der Waals surface area contributed by atoms with E-state index in [1.807, 2.05) is 36.4 Å². The predicted octanol–water partition coefficient (Wildman–Crippen LogP) is 5.17. The Balaban J connectivity index is 1.64. The van der Waals surface area contributed by atoms with E-state index in [0.29, 0.717) is 33.6 Å². The average Bonchev–Trinajstić information content (AvgIpc) is 2.72. The van der Waals surface area contributed by atoms with Gasteiger partial charge in [-0.05, 0) is 54.6 Å². The first-order chi connectivity index (χ1) is 14.0. The molecule has 0 heterocycles. The Hall–Kier alpha value is -3.95. The van der Waals surface area contributed by atoms with Gasteiger partial charge in [0.2, 0.25) is 0 Å². The molecule has 29 heavy (non-hydrogen) atoms. The number of anilines is 3. The van der Waals surface area contributed by atoms with Gasteiger partial charge in [0.25, 0.3) is 5.91 Å². The Morgan fingerprint density at radius 3 is 2.38 bits per heavy atom. The maximum absolute atomic E-state index is 12.4. The maximum Gasteiger partial charge on any atom is 0.267 e. The van der Waals surface area contributed by atoms with Crippen molar-refractivity contribution in [1.29, 1.82) is 5.26 Å². The molecule has 4 N–H and O–H groups in total. The quantitative estimate of drug-likeness (QED) is 0.299. The fraction of sp³-hybridized carbons (Fsp3) is 0.